The van der Waals surface area contributed by atoms with Gasteiger partial charge in [0.25, 0.3) is 5.91 Å². The van der Waals surface area contributed by atoms with E-state index in [1.807, 2.05) is 11.0 Å². The summed E-state index contributed by atoms with van der Waals surface area (Å²) in [5.74, 6) is -0.207. The van der Waals surface area contributed by atoms with Gasteiger partial charge < -0.3 is 14.9 Å². The quantitative estimate of drug-likeness (QED) is 0.903. The zero-order valence-corrected chi connectivity index (χ0v) is 15.5. The van der Waals surface area contributed by atoms with Crippen molar-refractivity contribution in [3.63, 3.8) is 0 Å². The van der Waals surface area contributed by atoms with Crippen LogP contribution in [0.25, 0.3) is 0 Å². The van der Waals surface area contributed by atoms with Crippen molar-refractivity contribution in [2.45, 2.75) is 18.9 Å². The summed E-state index contributed by atoms with van der Waals surface area (Å²) in [6.07, 6.45) is 3.66. The van der Waals surface area contributed by atoms with E-state index in [0.717, 1.165) is 45.6 Å². The molecule has 1 aromatic heterocycles. The average molecular weight is 366 g/mol. The van der Waals surface area contributed by atoms with Crippen molar-refractivity contribution in [2.75, 3.05) is 44.2 Å². The lowest BCUT2D eigenvalue weighted by Gasteiger charge is -2.43. The van der Waals surface area contributed by atoms with Crippen molar-refractivity contribution in [1.82, 2.24) is 14.8 Å². The molecule has 6 nitrogen and oxygen atoms in total. The highest BCUT2D eigenvalue weighted by Crippen LogP contribution is 2.23. The van der Waals surface area contributed by atoms with Gasteiger partial charge >= 0.3 is 0 Å². The van der Waals surface area contributed by atoms with Crippen LogP contribution in [0.1, 0.15) is 23.3 Å². The number of benzene rings is 1. The molecule has 142 valence electrons. The molecule has 2 aliphatic heterocycles. The second kappa shape index (κ2) is 7.96. The maximum absolute atomic E-state index is 12.8. The Kier molecular flexibility index (Phi) is 5.25. The molecule has 1 aromatic carbocycles. The molecule has 27 heavy (non-hydrogen) atoms. The number of aromatic hydroxyl groups is 1. The van der Waals surface area contributed by atoms with Gasteiger partial charge in [0.1, 0.15) is 5.75 Å². The van der Waals surface area contributed by atoms with Crippen molar-refractivity contribution in [2.24, 2.45) is 0 Å². The van der Waals surface area contributed by atoms with Crippen molar-refractivity contribution < 1.29 is 9.90 Å². The Hall–Kier alpha value is -2.60. The number of hydrogen-bond donors (Lipinski definition) is 1. The van der Waals surface area contributed by atoms with E-state index >= 15 is 0 Å². The molecule has 0 saturated carbocycles. The van der Waals surface area contributed by atoms with Crippen LogP contribution in [0.3, 0.4) is 0 Å². The summed E-state index contributed by atoms with van der Waals surface area (Å²) in [4.78, 5) is 23.6. The van der Waals surface area contributed by atoms with Gasteiger partial charge in [-0.05, 0) is 37.1 Å². The summed E-state index contributed by atoms with van der Waals surface area (Å²) in [5, 5.41) is 9.94. The van der Waals surface area contributed by atoms with Crippen molar-refractivity contribution >= 4 is 11.6 Å². The fourth-order valence-corrected chi connectivity index (χ4v) is 4.13. The van der Waals surface area contributed by atoms with E-state index in [0.29, 0.717) is 12.6 Å². The molecule has 1 atom stereocenters. The Labute approximate surface area is 160 Å². The fraction of sp³-hybridized carbons (Fsp3) is 0.429. The predicted molar refractivity (Wildman–Crippen MR) is 105 cm³/mol. The third-order valence-corrected chi connectivity index (χ3v) is 5.62. The SMILES string of the molecule is O=C(c1ncccc1O)N1CCC[C@H](N2CCN(c3ccccc3)CC2)C1. The summed E-state index contributed by atoms with van der Waals surface area (Å²) in [6, 6.07) is 14.1. The maximum atomic E-state index is 12.8. The van der Waals surface area contributed by atoms with E-state index in [4.69, 9.17) is 0 Å². The maximum Gasteiger partial charge on any atom is 0.276 e. The number of anilines is 1. The van der Waals surface area contributed by atoms with Crippen LogP contribution in [0.2, 0.25) is 0 Å². The molecule has 3 heterocycles. The fourth-order valence-electron chi connectivity index (χ4n) is 4.13. The van der Waals surface area contributed by atoms with E-state index < -0.39 is 0 Å². The molecule has 0 unspecified atom stereocenters. The van der Waals surface area contributed by atoms with Crippen LogP contribution in [-0.2, 0) is 0 Å². The van der Waals surface area contributed by atoms with Gasteiger partial charge in [-0.2, -0.15) is 0 Å². The average Bonchev–Trinajstić information content (AvgIpc) is 2.74. The van der Waals surface area contributed by atoms with Crippen LogP contribution in [0, 0.1) is 0 Å². The monoisotopic (exact) mass is 366 g/mol. The number of nitrogens with zero attached hydrogens (tertiary/aromatic N) is 4. The largest absolute Gasteiger partial charge is 0.505 e. The highest BCUT2D eigenvalue weighted by atomic mass is 16.3. The minimum atomic E-state index is -0.166. The number of rotatable bonds is 3. The Morgan fingerprint density at radius 1 is 1.00 bits per heavy atom. The molecule has 6 heteroatoms. The van der Waals surface area contributed by atoms with Crippen LogP contribution < -0.4 is 4.90 Å². The molecule has 1 amide bonds. The van der Waals surface area contributed by atoms with Gasteiger partial charge in [-0.25, -0.2) is 4.98 Å². The number of piperidine rings is 1. The van der Waals surface area contributed by atoms with Gasteiger partial charge in [0.2, 0.25) is 0 Å². The van der Waals surface area contributed by atoms with E-state index in [2.05, 4.69) is 39.0 Å². The first kappa shape index (κ1) is 17.8. The first-order valence-corrected chi connectivity index (χ1v) is 9.69. The van der Waals surface area contributed by atoms with Gasteiger partial charge in [-0.1, -0.05) is 18.2 Å². The zero-order valence-electron chi connectivity index (χ0n) is 15.5. The molecule has 2 aromatic rings. The van der Waals surface area contributed by atoms with E-state index in [9.17, 15) is 9.90 Å². The van der Waals surface area contributed by atoms with Crippen LogP contribution in [0.4, 0.5) is 5.69 Å². The molecule has 0 radical (unpaired) electrons. The second-order valence-corrected chi connectivity index (χ2v) is 7.28. The third-order valence-electron chi connectivity index (χ3n) is 5.62. The van der Waals surface area contributed by atoms with Crippen molar-refractivity contribution in [3.05, 3.63) is 54.4 Å². The zero-order chi connectivity index (χ0) is 18.6. The van der Waals surface area contributed by atoms with Crippen molar-refractivity contribution in [3.8, 4) is 5.75 Å². The predicted octanol–water partition coefficient (Wildman–Crippen LogP) is 2.21. The second-order valence-electron chi connectivity index (χ2n) is 7.28. The third kappa shape index (κ3) is 3.90. The Morgan fingerprint density at radius 2 is 1.78 bits per heavy atom. The van der Waals surface area contributed by atoms with Crippen LogP contribution in [0.15, 0.2) is 48.7 Å². The highest BCUT2D eigenvalue weighted by Gasteiger charge is 2.31. The van der Waals surface area contributed by atoms with E-state index in [1.54, 1.807) is 12.3 Å². The van der Waals surface area contributed by atoms with Crippen LogP contribution >= 0.6 is 0 Å². The number of piperazine rings is 1. The van der Waals surface area contributed by atoms with Gasteiger partial charge in [0.05, 0.1) is 0 Å². The van der Waals surface area contributed by atoms with E-state index in [1.165, 1.54) is 11.8 Å². The first-order chi connectivity index (χ1) is 13.2. The van der Waals surface area contributed by atoms with Crippen LogP contribution in [0.5, 0.6) is 5.75 Å². The number of pyridine rings is 1. The Bertz CT molecular complexity index is 775. The summed E-state index contributed by atoms with van der Waals surface area (Å²) < 4.78 is 0. The number of likely N-dealkylation sites (tertiary alicyclic amines) is 1. The minimum Gasteiger partial charge on any atom is -0.505 e. The summed E-state index contributed by atoms with van der Waals surface area (Å²) >= 11 is 0. The first-order valence-electron chi connectivity index (χ1n) is 9.69. The molecule has 2 fully saturated rings. The molecular weight excluding hydrogens is 340 g/mol. The van der Waals surface area contributed by atoms with Gasteiger partial charge in [0, 0.05) is 57.2 Å². The van der Waals surface area contributed by atoms with Gasteiger partial charge in [0.15, 0.2) is 5.69 Å². The van der Waals surface area contributed by atoms with E-state index in [-0.39, 0.29) is 17.4 Å². The Balaban J connectivity index is 1.36. The highest BCUT2D eigenvalue weighted by molar-refractivity contribution is 5.94. The molecule has 1 N–H and O–H groups in total. The number of carbonyl (C=O) groups excluding carboxylic acids is 1. The number of hydrogen-bond acceptors (Lipinski definition) is 5. The summed E-state index contributed by atoms with van der Waals surface area (Å²) in [6.45, 7) is 5.48. The van der Waals surface area contributed by atoms with Gasteiger partial charge in [-0.3, -0.25) is 9.69 Å². The normalized spacial score (nSPS) is 21.3. The molecule has 0 spiro atoms. The molecular formula is C21H26N4O2. The lowest BCUT2D eigenvalue weighted by Crippen LogP contribution is -2.56. The Morgan fingerprint density at radius 3 is 2.52 bits per heavy atom. The summed E-state index contributed by atoms with van der Waals surface area (Å²) in [7, 11) is 0. The smallest absolute Gasteiger partial charge is 0.276 e. The number of carbonyl (C=O) groups is 1. The molecule has 4 rings (SSSR count). The molecule has 0 bridgehead atoms. The summed E-state index contributed by atoms with van der Waals surface area (Å²) in [5.41, 5.74) is 1.44. The van der Waals surface area contributed by atoms with Crippen LogP contribution in [-0.4, -0.2) is 71.1 Å². The van der Waals surface area contributed by atoms with Crippen molar-refractivity contribution in [1.29, 1.82) is 0 Å². The number of amides is 1. The minimum absolute atomic E-state index is 0.0406. The lowest BCUT2D eigenvalue weighted by atomic mass is 10.0. The topological polar surface area (TPSA) is 59.9 Å². The molecule has 2 saturated heterocycles. The molecule has 2 aliphatic rings. The number of aromatic nitrogens is 1. The lowest BCUT2D eigenvalue weighted by molar-refractivity contribution is 0.0555. The van der Waals surface area contributed by atoms with Gasteiger partial charge in [-0.15, -0.1) is 0 Å². The molecule has 0 aliphatic carbocycles. The number of para-hydroxylation sites is 1. The standard InChI is InChI=1S/C21H26N4O2/c26-19-9-4-10-22-20(19)21(27)25-11-5-8-18(16-25)24-14-12-23(13-15-24)17-6-2-1-3-7-17/h1-4,6-7,9-10,18,26H,5,8,11-16H2/t18-/m0/s1.